The summed E-state index contributed by atoms with van der Waals surface area (Å²) in [7, 11) is 1.66. The summed E-state index contributed by atoms with van der Waals surface area (Å²) in [6.45, 7) is 0. The Hall–Kier alpha value is -1.86. The minimum absolute atomic E-state index is 0.0927. The van der Waals surface area contributed by atoms with Gasteiger partial charge in [-0.25, -0.2) is 0 Å². The molecule has 0 radical (unpaired) electrons. The predicted octanol–water partition coefficient (Wildman–Crippen LogP) is 1.55. The molecule has 0 atom stereocenters. The number of nitrogens with one attached hydrogen (secondary N) is 1. The SMILES string of the molecule is Cn1ncc(C(N)=S)c1NC(=O)c1ccc(Cl)o1. The Morgan fingerprint density at radius 2 is 2.33 bits per heavy atom. The van der Waals surface area contributed by atoms with E-state index in [0.717, 1.165) is 0 Å². The average Bonchev–Trinajstić information content (AvgIpc) is 2.87. The van der Waals surface area contributed by atoms with Gasteiger partial charge in [0.1, 0.15) is 10.8 Å². The number of aryl methyl sites for hydroxylation is 1. The van der Waals surface area contributed by atoms with Crippen LogP contribution in [0.2, 0.25) is 5.22 Å². The third-order valence-corrected chi connectivity index (χ3v) is 2.66. The highest BCUT2D eigenvalue weighted by atomic mass is 35.5. The minimum Gasteiger partial charge on any atom is -0.440 e. The summed E-state index contributed by atoms with van der Waals surface area (Å²) in [5.41, 5.74) is 6.01. The number of nitrogens with two attached hydrogens (primary N) is 1. The standard InChI is InChI=1S/C10H9ClN4O2S/c1-15-9(5(4-13-15)8(12)18)14-10(16)6-2-3-7(11)17-6/h2-4H,1H3,(H2,12,18)(H,14,16). The molecule has 3 N–H and O–H groups in total. The van der Waals surface area contributed by atoms with Gasteiger partial charge < -0.3 is 15.5 Å². The molecule has 6 nitrogen and oxygen atoms in total. The van der Waals surface area contributed by atoms with Crippen molar-refractivity contribution in [2.75, 3.05) is 5.32 Å². The molecule has 0 unspecified atom stereocenters. The van der Waals surface area contributed by atoms with E-state index in [4.69, 9.17) is 34.0 Å². The molecule has 1 amide bonds. The van der Waals surface area contributed by atoms with Gasteiger partial charge in [-0.2, -0.15) is 5.10 Å². The third kappa shape index (κ3) is 2.36. The van der Waals surface area contributed by atoms with Crippen LogP contribution in [-0.4, -0.2) is 20.7 Å². The number of anilines is 1. The van der Waals surface area contributed by atoms with Crippen molar-refractivity contribution in [3.8, 4) is 0 Å². The molecule has 0 spiro atoms. The zero-order valence-corrected chi connectivity index (χ0v) is 10.9. The molecule has 0 saturated carbocycles. The molecule has 2 heterocycles. The number of thiocarbonyl (C=S) groups is 1. The summed E-state index contributed by atoms with van der Waals surface area (Å²) in [5, 5.41) is 6.72. The predicted molar refractivity (Wildman–Crippen MR) is 70.8 cm³/mol. The summed E-state index contributed by atoms with van der Waals surface area (Å²) < 4.78 is 6.45. The number of carbonyl (C=O) groups is 1. The van der Waals surface area contributed by atoms with Gasteiger partial charge in [0.25, 0.3) is 5.91 Å². The number of furan rings is 1. The second-order valence-corrected chi connectivity index (χ2v) is 4.26. The second-order valence-electron chi connectivity index (χ2n) is 3.45. The fourth-order valence-electron chi connectivity index (χ4n) is 1.37. The highest BCUT2D eigenvalue weighted by Crippen LogP contribution is 2.17. The molecular formula is C10H9ClN4O2S. The van der Waals surface area contributed by atoms with Crippen LogP contribution in [0.5, 0.6) is 0 Å². The summed E-state index contributed by atoms with van der Waals surface area (Å²) in [6, 6.07) is 2.95. The summed E-state index contributed by atoms with van der Waals surface area (Å²) in [4.78, 5) is 12.0. The third-order valence-electron chi connectivity index (χ3n) is 2.23. The highest BCUT2D eigenvalue weighted by molar-refractivity contribution is 7.80. The first kappa shape index (κ1) is 12.6. The summed E-state index contributed by atoms with van der Waals surface area (Å²) in [6.07, 6.45) is 1.48. The van der Waals surface area contributed by atoms with E-state index >= 15 is 0 Å². The van der Waals surface area contributed by atoms with E-state index in [1.54, 1.807) is 7.05 Å². The van der Waals surface area contributed by atoms with Crippen LogP contribution >= 0.6 is 23.8 Å². The van der Waals surface area contributed by atoms with Crippen molar-refractivity contribution in [1.82, 2.24) is 9.78 Å². The molecule has 0 fully saturated rings. The smallest absolute Gasteiger partial charge is 0.292 e. The van der Waals surface area contributed by atoms with Crippen LogP contribution < -0.4 is 11.1 Å². The van der Waals surface area contributed by atoms with E-state index in [9.17, 15) is 4.79 Å². The number of nitrogens with zero attached hydrogens (tertiary/aromatic N) is 2. The van der Waals surface area contributed by atoms with Crippen LogP contribution in [0.3, 0.4) is 0 Å². The van der Waals surface area contributed by atoms with Gasteiger partial charge in [-0.05, 0) is 23.7 Å². The normalized spacial score (nSPS) is 10.3. The summed E-state index contributed by atoms with van der Waals surface area (Å²) >= 11 is 10.5. The number of hydrogen-bond donors (Lipinski definition) is 2. The summed E-state index contributed by atoms with van der Waals surface area (Å²) in [5.74, 6) is 0.0399. The lowest BCUT2D eigenvalue weighted by Gasteiger charge is -2.05. The van der Waals surface area contributed by atoms with E-state index in [0.29, 0.717) is 11.4 Å². The molecule has 0 saturated heterocycles. The number of aromatic nitrogens is 2. The van der Waals surface area contributed by atoms with Crippen molar-refractivity contribution in [2.24, 2.45) is 12.8 Å². The van der Waals surface area contributed by atoms with Crippen LogP contribution in [0.1, 0.15) is 16.1 Å². The molecule has 0 aliphatic rings. The number of carbonyl (C=O) groups excluding carboxylic acids is 1. The number of halogens is 1. The first-order valence-corrected chi connectivity index (χ1v) is 5.66. The Kier molecular flexibility index (Phi) is 3.35. The quantitative estimate of drug-likeness (QED) is 0.835. The maximum atomic E-state index is 11.9. The Balaban J connectivity index is 2.27. The topological polar surface area (TPSA) is 86.1 Å². The van der Waals surface area contributed by atoms with Gasteiger partial charge >= 0.3 is 0 Å². The van der Waals surface area contributed by atoms with Crippen LogP contribution in [0.15, 0.2) is 22.7 Å². The molecule has 0 aliphatic carbocycles. The molecule has 0 bridgehead atoms. The van der Waals surface area contributed by atoms with Crippen molar-refractivity contribution in [3.05, 3.63) is 34.9 Å². The zero-order chi connectivity index (χ0) is 13.3. The Morgan fingerprint density at radius 1 is 1.61 bits per heavy atom. The van der Waals surface area contributed by atoms with Crippen LogP contribution in [-0.2, 0) is 7.05 Å². The lowest BCUT2D eigenvalue weighted by molar-refractivity contribution is 0.0996. The Morgan fingerprint density at radius 3 is 2.89 bits per heavy atom. The van der Waals surface area contributed by atoms with E-state index < -0.39 is 5.91 Å². The second kappa shape index (κ2) is 4.79. The van der Waals surface area contributed by atoms with Crippen molar-refractivity contribution >= 4 is 40.5 Å². The van der Waals surface area contributed by atoms with Crippen molar-refractivity contribution in [2.45, 2.75) is 0 Å². The zero-order valence-electron chi connectivity index (χ0n) is 9.31. The van der Waals surface area contributed by atoms with E-state index in [1.807, 2.05) is 0 Å². The first-order valence-electron chi connectivity index (χ1n) is 4.87. The van der Waals surface area contributed by atoms with Crippen LogP contribution in [0.4, 0.5) is 5.82 Å². The van der Waals surface area contributed by atoms with Crippen molar-refractivity contribution in [3.63, 3.8) is 0 Å². The maximum absolute atomic E-state index is 11.9. The van der Waals surface area contributed by atoms with Crippen LogP contribution in [0, 0.1) is 0 Å². The molecule has 94 valence electrons. The Labute approximate surface area is 113 Å². The van der Waals surface area contributed by atoms with Gasteiger partial charge in [-0.1, -0.05) is 12.2 Å². The van der Waals surface area contributed by atoms with E-state index in [1.165, 1.54) is 23.0 Å². The molecule has 18 heavy (non-hydrogen) atoms. The largest absolute Gasteiger partial charge is 0.440 e. The highest BCUT2D eigenvalue weighted by Gasteiger charge is 2.17. The van der Waals surface area contributed by atoms with Gasteiger partial charge in [0, 0.05) is 7.05 Å². The van der Waals surface area contributed by atoms with Gasteiger partial charge in [-0.15, -0.1) is 0 Å². The first-order chi connectivity index (χ1) is 8.49. The molecule has 0 aromatic carbocycles. The van der Waals surface area contributed by atoms with Gasteiger partial charge in [0.2, 0.25) is 0 Å². The fourth-order valence-corrected chi connectivity index (χ4v) is 1.67. The Bertz CT molecular complexity index is 619. The molecular weight excluding hydrogens is 276 g/mol. The molecule has 0 aliphatic heterocycles. The maximum Gasteiger partial charge on any atom is 0.292 e. The lowest BCUT2D eigenvalue weighted by Crippen LogP contribution is -2.18. The molecule has 2 aromatic heterocycles. The molecule has 2 aromatic rings. The molecule has 2 rings (SSSR count). The van der Waals surface area contributed by atoms with Gasteiger partial charge in [-0.3, -0.25) is 9.48 Å². The average molecular weight is 285 g/mol. The van der Waals surface area contributed by atoms with Crippen LogP contribution in [0.25, 0.3) is 0 Å². The fraction of sp³-hybridized carbons (Fsp3) is 0.100. The van der Waals surface area contributed by atoms with E-state index in [-0.39, 0.29) is 16.0 Å². The number of rotatable bonds is 3. The van der Waals surface area contributed by atoms with Gasteiger partial charge in [0.05, 0.1) is 11.8 Å². The van der Waals surface area contributed by atoms with Crippen molar-refractivity contribution < 1.29 is 9.21 Å². The number of hydrogen-bond acceptors (Lipinski definition) is 4. The monoisotopic (exact) mass is 284 g/mol. The molecule has 8 heteroatoms. The van der Waals surface area contributed by atoms with Gasteiger partial charge in [0.15, 0.2) is 11.0 Å². The lowest BCUT2D eigenvalue weighted by atomic mass is 10.3. The number of amides is 1. The van der Waals surface area contributed by atoms with Crippen molar-refractivity contribution in [1.29, 1.82) is 0 Å². The van der Waals surface area contributed by atoms with E-state index in [2.05, 4.69) is 10.4 Å². The minimum atomic E-state index is -0.456.